The minimum absolute atomic E-state index is 0.0730. The fraction of sp³-hybridized carbons (Fsp3) is 0.500. The Morgan fingerprint density at radius 3 is 2.67 bits per heavy atom. The summed E-state index contributed by atoms with van der Waals surface area (Å²) in [5.74, 6) is 0. The Balaban J connectivity index is 2.47. The number of aliphatic hydroxyl groups excluding tert-OH is 1. The van der Waals surface area contributed by atoms with Crippen molar-refractivity contribution in [2.75, 3.05) is 20.1 Å². The summed E-state index contributed by atoms with van der Waals surface area (Å²) in [6.07, 6.45) is 0.455. The molecule has 0 aliphatic rings. The predicted molar refractivity (Wildman–Crippen MR) is 78.0 cm³/mol. The van der Waals surface area contributed by atoms with Gasteiger partial charge in [0.05, 0.1) is 17.8 Å². The second-order valence-electron chi connectivity index (χ2n) is 4.40. The van der Waals surface area contributed by atoms with Crippen LogP contribution < -0.4 is 0 Å². The Morgan fingerprint density at radius 1 is 1.39 bits per heavy atom. The van der Waals surface area contributed by atoms with E-state index in [2.05, 4.69) is 27.3 Å². The van der Waals surface area contributed by atoms with E-state index in [-0.39, 0.29) is 6.04 Å². The lowest BCUT2D eigenvalue weighted by atomic mass is 10.0. The normalized spacial score (nSPS) is 14.0. The Morgan fingerprint density at radius 2 is 2.06 bits per heavy atom. The van der Waals surface area contributed by atoms with Crippen molar-refractivity contribution in [2.24, 2.45) is 4.99 Å². The number of hydrogen-bond acceptors (Lipinski definition) is 4. The second kappa shape index (κ2) is 8.11. The van der Waals surface area contributed by atoms with Crippen molar-refractivity contribution >= 4 is 17.4 Å². The van der Waals surface area contributed by atoms with Crippen molar-refractivity contribution in [3.05, 3.63) is 35.9 Å². The third-order valence-corrected chi connectivity index (χ3v) is 3.27. The van der Waals surface area contributed by atoms with Crippen LogP contribution in [-0.4, -0.2) is 41.3 Å². The fourth-order valence-corrected chi connectivity index (χ4v) is 1.91. The summed E-state index contributed by atoms with van der Waals surface area (Å²) in [5, 5.41) is 12.6. The Kier molecular flexibility index (Phi) is 6.76. The van der Waals surface area contributed by atoms with Gasteiger partial charge in [0.1, 0.15) is 0 Å². The first-order valence-electron chi connectivity index (χ1n) is 6.13. The third kappa shape index (κ3) is 4.67. The van der Waals surface area contributed by atoms with E-state index in [4.69, 9.17) is 0 Å². The molecule has 2 atom stereocenters. The molecular formula is C14H20N2OS. The summed E-state index contributed by atoms with van der Waals surface area (Å²) >= 11 is 4.52. The average Bonchev–Trinajstić information content (AvgIpc) is 2.42. The Hall–Kier alpha value is -1.06. The van der Waals surface area contributed by atoms with Crippen molar-refractivity contribution in [3.8, 4) is 0 Å². The monoisotopic (exact) mass is 264 g/mol. The summed E-state index contributed by atoms with van der Waals surface area (Å²) in [6.45, 7) is 3.60. The number of aliphatic hydroxyl groups is 1. The number of likely N-dealkylation sites (N-methyl/N-ethyl adjacent to an activating group) is 1. The first kappa shape index (κ1) is 15.0. The smallest absolute Gasteiger partial charge is 0.0942 e. The number of thiocarbonyl (C=S) groups is 1. The van der Waals surface area contributed by atoms with Gasteiger partial charge in [0.15, 0.2) is 0 Å². The number of isothiocyanates is 1. The largest absolute Gasteiger partial charge is 0.387 e. The highest BCUT2D eigenvalue weighted by Crippen LogP contribution is 2.19. The Bertz CT molecular complexity index is 390. The third-order valence-electron chi connectivity index (χ3n) is 3.14. The molecule has 0 spiro atoms. The molecule has 18 heavy (non-hydrogen) atoms. The molecule has 0 heterocycles. The highest BCUT2D eigenvalue weighted by atomic mass is 32.1. The van der Waals surface area contributed by atoms with Gasteiger partial charge in [-0.05, 0) is 38.2 Å². The van der Waals surface area contributed by atoms with E-state index >= 15 is 0 Å². The van der Waals surface area contributed by atoms with Gasteiger partial charge in [-0.3, -0.25) is 0 Å². The number of benzene rings is 1. The number of hydrogen-bond donors (Lipinski definition) is 1. The van der Waals surface area contributed by atoms with Gasteiger partial charge in [0, 0.05) is 12.6 Å². The van der Waals surface area contributed by atoms with Crippen molar-refractivity contribution in [1.82, 2.24) is 4.90 Å². The lowest BCUT2D eigenvalue weighted by molar-refractivity contribution is 0.0724. The molecule has 1 rings (SSSR count). The van der Waals surface area contributed by atoms with E-state index in [0.717, 1.165) is 18.5 Å². The molecule has 0 fully saturated rings. The molecule has 0 aliphatic carbocycles. The van der Waals surface area contributed by atoms with E-state index < -0.39 is 6.10 Å². The zero-order valence-corrected chi connectivity index (χ0v) is 11.7. The van der Waals surface area contributed by atoms with Gasteiger partial charge in [0.25, 0.3) is 0 Å². The first-order valence-corrected chi connectivity index (χ1v) is 6.54. The quantitative estimate of drug-likeness (QED) is 0.467. The second-order valence-corrected chi connectivity index (χ2v) is 4.59. The molecule has 98 valence electrons. The van der Waals surface area contributed by atoms with E-state index in [1.807, 2.05) is 44.3 Å². The average molecular weight is 264 g/mol. The molecule has 1 N–H and O–H groups in total. The molecule has 3 nitrogen and oxygen atoms in total. The van der Waals surface area contributed by atoms with Crippen molar-refractivity contribution in [2.45, 2.75) is 25.5 Å². The van der Waals surface area contributed by atoms with Crippen LogP contribution in [0.5, 0.6) is 0 Å². The zero-order chi connectivity index (χ0) is 13.4. The molecular weight excluding hydrogens is 244 g/mol. The van der Waals surface area contributed by atoms with Gasteiger partial charge in [-0.1, -0.05) is 30.3 Å². The SMILES string of the molecule is C[C@H]([C@@H](O)c1ccccc1)N(C)CCCN=C=S. The van der Waals surface area contributed by atoms with Crippen LogP contribution in [0.3, 0.4) is 0 Å². The molecule has 0 bridgehead atoms. The molecule has 0 aliphatic heterocycles. The number of nitrogens with zero attached hydrogens (tertiary/aromatic N) is 2. The lowest BCUT2D eigenvalue weighted by Crippen LogP contribution is -2.35. The van der Waals surface area contributed by atoms with E-state index in [9.17, 15) is 5.11 Å². The van der Waals surface area contributed by atoms with Gasteiger partial charge < -0.3 is 10.0 Å². The highest BCUT2D eigenvalue weighted by molar-refractivity contribution is 7.78. The lowest BCUT2D eigenvalue weighted by Gasteiger charge is -2.28. The molecule has 1 aromatic carbocycles. The van der Waals surface area contributed by atoms with Crippen LogP contribution in [0.25, 0.3) is 0 Å². The van der Waals surface area contributed by atoms with Crippen LogP contribution in [0, 0.1) is 0 Å². The van der Waals surface area contributed by atoms with Gasteiger partial charge in [-0.2, -0.15) is 0 Å². The van der Waals surface area contributed by atoms with Crippen LogP contribution in [0.15, 0.2) is 35.3 Å². The molecule has 1 aromatic rings. The summed E-state index contributed by atoms with van der Waals surface area (Å²) in [5.41, 5.74) is 0.953. The molecule has 0 unspecified atom stereocenters. The maximum absolute atomic E-state index is 10.3. The van der Waals surface area contributed by atoms with Gasteiger partial charge in [-0.15, -0.1) is 0 Å². The van der Waals surface area contributed by atoms with Gasteiger partial charge >= 0.3 is 0 Å². The van der Waals surface area contributed by atoms with Crippen molar-refractivity contribution in [3.63, 3.8) is 0 Å². The summed E-state index contributed by atoms with van der Waals surface area (Å²) in [4.78, 5) is 6.02. The molecule has 0 saturated carbocycles. The van der Waals surface area contributed by atoms with Crippen LogP contribution in [-0.2, 0) is 0 Å². The minimum Gasteiger partial charge on any atom is -0.387 e. The molecule has 0 aromatic heterocycles. The summed E-state index contributed by atoms with van der Waals surface area (Å²) < 4.78 is 0. The molecule has 0 saturated heterocycles. The summed E-state index contributed by atoms with van der Waals surface area (Å²) in [7, 11) is 2.01. The van der Waals surface area contributed by atoms with Crippen molar-refractivity contribution in [1.29, 1.82) is 0 Å². The number of aliphatic imine (C=N–C) groups is 1. The van der Waals surface area contributed by atoms with Crippen LogP contribution in [0.4, 0.5) is 0 Å². The van der Waals surface area contributed by atoms with E-state index in [1.165, 1.54) is 0 Å². The highest BCUT2D eigenvalue weighted by Gasteiger charge is 2.19. The topological polar surface area (TPSA) is 35.8 Å². The molecule has 0 amide bonds. The predicted octanol–water partition coefficient (Wildman–Crippen LogP) is 2.53. The Labute approximate surface area is 114 Å². The number of rotatable bonds is 7. The van der Waals surface area contributed by atoms with Crippen molar-refractivity contribution < 1.29 is 5.11 Å². The standard InChI is InChI=1S/C14H20N2OS/c1-12(16(2)10-6-9-15-11-18)14(17)13-7-4-3-5-8-13/h3-5,7-8,12,14,17H,6,9-10H2,1-2H3/t12-,14-/m1/s1. The van der Waals surface area contributed by atoms with Crippen LogP contribution in [0.1, 0.15) is 25.0 Å². The maximum Gasteiger partial charge on any atom is 0.0942 e. The zero-order valence-electron chi connectivity index (χ0n) is 10.9. The fourth-order valence-electron chi connectivity index (χ4n) is 1.82. The maximum atomic E-state index is 10.3. The van der Waals surface area contributed by atoms with Gasteiger partial charge in [0.2, 0.25) is 0 Å². The van der Waals surface area contributed by atoms with Crippen LogP contribution >= 0.6 is 12.2 Å². The molecule has 0 radical (unpaired) electrons. The van der Waals surface area contributed by atoms with E-state index in [1.54, 1.807) is 0 Å². The van der Waals surface area contributed by atoms with Crippen LogP contribution in [0.2, 0.25) is 0 Å². The van der Waals surface area contributed by atoms with E-state index in [0.29, 0.717) is 6.54 Å². The molecule has 4 heteroatoms. The van der Waals surface area contributed by atoms with Gasteiger partial charge in [-0.25, -0.2) is 4.99 Å². The first-order chi connectivity index (χ1) is 8.66. The summed E-state index contributed by atoms with van der Waals surface area (Å²) in [6, 6.07) is 9.81. The minimum atomic E-state index is -0.467.